The van der Waals surface area contributed by atoms with Crippen molar-refractivity contribution in [2.24, 2.45) is 5.73 Å². The Morgan fingerprint density at radius 3 is 2.27 bits per heavy atom. The lowest BCUT2D eigenvalue weighted by molar-refractivity contribution is -0.145. The van der Waals surface area contributed by atoms with Crippen molar-refractivity contribution >= 4 is 5.97 Å². The fourth-order valence-electron chi connectivity index (χ4n) is 0.597. The highest BCUT2D eigenvalue weighted by atomic mass is 16.7. The molecule has 0 aromatic carbocycles. The van der Waals surface area contributed by atoms with Gasteiger partial charge in [-0.1, -0.05) is 0 Å². The highest BCUT2D eigenvalue weighted by Crippen LogP contribution is 2.00. The SMILES string of the molecule is COC(CC(N)C(=O)O)OC. The van der Waals surface area contributed by atoms with Gasteiger partial charge in [0.05, 0.1) is 0 Å². The predicted molar refractivity (Wildman–Crippen MR) is 38.0 cm³/mol. The Morgan fingerprint density at radius 2 is 2.00 bits per heavy atom. The number of ether oxygens (including phenoxy) is 2. The van der Waals surface area contributed by atoms with Crippen LogP contribution in [0.1, 0.15) is 6.42 Å². The largest absolute Gasteiger partial charge is 0.480 e. The Morgan fingerprint density at radius 1 is 1.55 bits per heavy atom. The van der Waals surface area contributed by atoms with Crippen LogP contribution in [-0.4, -0.2) is 37.6 Å². The first-order valence-electron chi connectivity index (χ1n) is 3.15. The molecule has 0 aromatic heterocycles. The number of carbonyl (C=O) groups is 1. The van der Waals surface area contributed by atoms with E-state index in [2.05, 4.69) is 0 Å². The molecule has 5 nitrogen and oxygen atoms in total. The molecule has 0 fully saturated rings. The molecule has 11 heavy (non-hydrogen) atoms. The van der Waals surface area contributed by atoms with E-state index >= 15 is 0 Å². The molecule has 0 aliphatic heterocycles. The molecular formula is C6H13NO4. The van der Waals surface area contributed by atoms with Crippen molar-refractivity contribution in [3.8, 4) is 0 Å². The maximum atomic E-state index is 10.2. The van der Waals surface area contributed by atoms with Gasteiger partial charge in [0.2, 0.25) is 0 Å². The molecule has 0 rings (SSSR count). The lowest BCUT2D eigenvalue weighted by Crippen LogP contribution is -2.35. The van der Waals surface area contributed by atoms with E-state index in [9.17, 15) is 4.79 Å². The van der Waals surface area contributed by atoms with Crippen LogP contribution in [0.25, 0.3) is 0 Å². The monoisotopic (exact) mass is 163 g/mol. The summed E-state index contributed by atoms with van der Waals surface area (Å²) in [5, 5.41) is 8.39. The van der Waals surface area contributed by atoms with E-state index in [0.29, 0.717) is 0 Å². The number of hydrogen-bond acceptors (Lipinski definition) is 4. The van der Waals surface area contributed by atoms with Crippen molar-refractivity contribution < 1.29 is 19.4 Å². The first-order chi connectivity index (χ1) is 5.11. The second kappa shape index (κ2) is 5.06. The number of carboxylic acid groups (broad SMARTS) is 1. The van der Waals surface area contributed by atoms with Gasteiger partial charge in [0.25, 0.3) is 0 Å². The molecule has 0 spiro atoms. The Hall–Kier alpha value is -0.650. The third kappa shape index (κ3) is 3.92. The van der Waals surface area contributed by atoms with Gasteiger partial charge >= 0.3 is 5.97 Å². The summed E-state index contributed by atoms with van der Waals surface area (Å²) in [4.78, 5) is 10.2. The first-order valence-corrected chi connectivity index (χ1v) is 3.15. The number of carboxylic acids is 1. The van der Waals surface area contributed by atoms with E-state index in [1.54, 1.807) is 0 Å². The molecule has 0 bridgehead atoms. The summed E-state index contributed by atoms with van der Waals surface area (Å²) in [5.41, 5.74) is 5.21. The van der Waals surface area contributed by atoms with Gasteiger partial charge in [-0.25, -0.2) is 0 Å². The van der Waals surface area contributed by atoms with Crippen LogP contribution in [0.2, 0.25) is 0 Å². The summed E-state index contributed by atoms with van der Waals surface area (Å²) >= 11 is 0. The molecule has 1 unspecified atom stereocenters. The van der Waals surface area contributed by atoms with Crippen LogP contribution in [0.15, 0.2) is 0 Å². The van der Waals surface area contributed by atoms with Crippen LogP contribution in [-0.2, 0) is 14.3 Å². The van der Waals surface area contributed by atoms with Crippen LogP contribution in [0.4, 0.5) is 0 Å². The summed E-state index contributed by atoms with van der Waals surface area (Å²) in [6, 6.07) is -0.931. The minimum absolute atomic E-state index is 0.155. The van der Waals surface area contributed by atoms with Gasteiger partial charge in [-0.05, 0) is 0 Å². The van der Waals surface area contributed by atoms with Crippen molar-refractivity contribution in [2.75, 3.05) is 14.2 Å². The maximum absolute atomic E-state index is 10.2. The van der Waals surface area contributed by atoms with Crippen molar-refractivity contribution in [3.05, 3.63) is 0 Å². The van der Waals surface area contributed by atoms with Gasteiger partial charge in [0.15, 0.2) is 6.29 Å². The zero-order valence-corrected chi connectivity index (χ0v) is 6.61. The van der Waals surface area contributed by atoms with E-state index in [1.165, 1.54) is 14.2 Å². The molecule has 0 aromatic rings. The highest BCUT2D eigenvalue weighted by Gasteiger charge is 2.17. The maximum Gasteiger partial charge on any atom is 0.320 e. The molecular weight excluding hydrogens is 150 g/mol. The van der Waals surface area contributed by atoms with E-state index in [-0.39, 0.29) is 6.42 Å². The van der Waals surface area contributed by atoms with Crippen molar-refractivity contribution in [1.29, 1.82) is 0 Å². The Kier molecular flexibility index (Phi) is 4.76. The molecule has 0 aliphatic carbocycles. The lowest BCUT2D eigenvalue weighted by atomic mass is 10.2. The topological polar surface area (TPSA) is 81.8 Å². The average Bonchev–Trinajstić information content (AvgIpc) is 1.99. The van der Waals surface area contributed by atoms with Crippen molar-refractivity contribution in [1.82, 2.24) is 0 Å². The van der Waals surface area contributed by atoms with E-state index in [0.717, 1.165) is 0 Å². The van der Waals surface area contributed by atoms with Crippen LogP contribution in [0.5, 0.6) is 0 Å². The summed E-state index contributed by atoms with van der Waals surface area (Å²) in [6.45, 7) is 0. The second-order valence-corrected chi connectivity index (χ2v) is 2.08. The van der Waals surface area contributed by atoms with Crippen LogP contribution in [0.3, 0.4) is 0 Å². The molecule has 1 atom stereocenters. The van der Waals surface area contributed by atoms with Crippen LogP contribution >= 0.6 is 0 Å². The van der Waals surface area contributed by atoms with E-state index in [1.807, 2.05) is 0 Å². The Labute approximate surface area is 65.1 Å². The zero-order chi connectivity index (χ0) is 8.85. The Bertz CT molecular complexity index is 124. The number of methoxy groups -OCH3 is 2. The number of aliphatic carboxylic acids is 1. The molecule has 3 N–H and O–H groups in total. The van der Waals surface area contributed by atoms with Gasteiger partial charge in [0, 0.05) is 20.6 Å². The van der Waals surface area contributed by atoms with E-state index < -0.39 is 18.3 Å². The summed E-state index contributed by atoms with van der Waals surface area (Å²) in [6.07, 6.45) is -0.386. The van der Waals surface area contributed by atoms with Gasteiger partial charge in [-0.2, -0.15) is 0 Å². The minimum Gasteiger partial charge on any atom is -0.480 e. The Balaban J connectivity index is 3.71. The van der Waals surface area contributed by atoms with Crippen LogP contribution < -0.4 is 5.73 Å². The lowest BCUT2D eigenvalue weighted by Gasteiger charge is -2.14. The van der Waals surface area contributed by atoms with Gasteiger partial charge < -0.3 is 20.3 Å². The zero-order valence-electron chi connectivity index (χ0n) is 6.61. The van der Waals surface area contributed by atoms with Crippen molar-refractivity contribution in [3.63, 3.8) is 0 Å². The number of nitrogens with two attached hydrogens (primary N) is 1. The van der Waals surface area contributed by atoms with Gasteiger partial charge in [0.1, 0.15) is 6.04 Å². The molecule has 0 heterocycles. The van der Waals surface area contributed by atoms with Gasteiger partial charge in [-0.3, -0.25) is 4.79 Å². The smallest absolute Gasteiger partial charge is 0.320 e. The normalized spacial score (nSPS) is 13.5. The quantitative estimate of drug-likeness (QED) is 0.529. The molecule has 66 valence electrons. The highest BCUT2D eigenvalue weighted by molar-refractivity contribution is 5.73. The molecule has 0 saturated carbocycles. The summed E-state index contributed by atoms with van der Waals surface area (Å²) < 4.78 is 9.51. The summed E-state index contributed by atoms with van der Waals surface area (Å²) in [5.74, 6) is -1.05. The fraction of sp³-hybridized carbons (Fsp3) is 0.833. The van der Waals surface area contributed by atoms with Crippen LogP contribution in [0, 0.1) is 0 Å². The minimum atomic E-state index is -1.05. The molecule has 0 saturated heterocycles. The fourth-order valence-corrected chi connectivity index (χ4v) is 0.597. The summed E-state index contributed by atoms with van der Waals surface area (Å²) in [7, 11) is 2.87. The molecule has 5 heteroatoms. The first kappa shape index (κ1) is 10.3. The second-order valence-electron chi connectivity index (χ2n) is 2.08. The third-order valence-electron chi connectivity index (χ3n) is 1.29. The predicted octanol–water partition coefficient (Wildman–Crippen LogP) is -0.593. The standard InChI is InChI=1S/C6H13NO4/c1-10-5(11-2)3-4(7)6(8)9/h4-5H,3,7H2,1-2H3,(H,8,9). The third-order valence-corrected chi connectivity index (χ3v) is 1.29. The number of rotatable bonds is 5. The number of hydrogen-bond donors (Lipinski definition) is 2. The molecule has 0 aliphatic rings. The van der Waals surface area contributed by atoms with E-state index in [4.69, 9.17) is 20.3 Å². The average molecular weight is 163 g/mol. The molecule has 0 amide bonds. The van der Waals surface area contributed by atoms with Crippen molar-refractivity contribution in [2.45, 2.75) is 18.8 Å². The molecule has 0 radical (unpaired) electrons. The van der Waals surface area contributed by atoms with Gasteiger partial charge in [-0.15, -0.1) is 0 Å².